The molecule has 0 unspecified atom stereocenters. The maximum Gasteiger partial charge on any atom is 0.356 e. The van der Waals surface area contributed by atoms with Crippen molar-refractivity contribution in [2.24, 2.45) is 0 Å². The number of carbonyl (C=O) groups is 1. The molecule has 2 aromatic heterocycles. The van der Waals surface area contributed by atoms with Crippen LogP contribution in [-0.2, 0) is 9.47 Å². The SMILES string of the molecule is CCOCCCOC(=O)c1[nH]c2ccccc2c1Nc1ccncc1. The number of aromatic nitrogens is 2. The quantitative estimate of drug-likeness (QED) is 0.481. The number of aromatic amines is 1. The van der Waals surface area contributed by atoms with Crippen molar-refractivity contribution in [2.45, 2.75) is 13.3 Å². The van der Waals surface area contributed by atoms with Gasteiger partial charge in [0.2, 0.25) is 0 Å². The van der Waals surface area contributed by atoms with Gasteiger partial charge in [0.25, 0.3) is 0 Å². The zero-order chi connectivity index (χ0) is 17.5. The Morgan fingerprint density at radius 2 is 1.96 bits per heavy atom. The van der Waals surface area contributed by atoms with Gasteiger partial charge in [0, 0.05) is 48.6 Å². The minimum atomic E-state index is -0.385. The second kappa shape index (κ2) is 8.30. The lowest BCUT2D eigenvalue weighted by atomic mass is 10.2. The van der Waals surface area contributed by atoms with E-state index in [9.17, 15) is 4.79 Å². The van der Waals surface area contributed by atoms with Gasteiger partial charge in [-0.05, 0) is 25.1 Å². The van der Waals surface area contributed by atoms with Crippen LogP contribution in [0.5, 0.6) is 0 Å². The molecule has 130 valence electrons. The first kappa shape index (κ1) is 17.0. The summed E-state index contributed by atoms with van der Waals surface area (Å²) in [5, 5.41) is 4.22. The highest BCUT2D eigenvalue weighted by atomic mass is 16.5. The van der Waals surface area contributed by atoms with Gasteiger partial charge in [-0.2, -0.15) is 0 Å². The summed E-state index contributed by atoms with van der Waals surface area (Å²) in [7, 11) is 0. The van der Waals surface area contributed by atoms with Gasteiger partial charge in [-0.1, -0.05) is 18.2 Å². The summed E-state index contributed by atoms with van der Waals surface area (Å²) in [5.41, 5.74) is 2.84. The second-order valence-electron chi connectivity index (χ2n) is 5.47. The number of esters is 1. The molecular weight excluding hydrogens is 318 g/mol. The summed E-state index contributed by atoms with van der Waals surface area (Å²) >= 11 is 0. The van der Waals surface area contributed by atoms with Crippen LogP contribution in [0.1, 0.15) is 23.8 Å². The van der Waals surface area contributed by atoms with Crippen LogP contribution in [-0.4, -0.2) is 35.8 Å². The number of anilines is 2. The largest absolute Gasteiger partial charge is 0.461 e. The molecule has 0 spiro atoms. The van der Waals surface area contributed by atoms with Crippen LogP contribution in [0.3, 0.4) is 0 Å². The number of nitrogens with zero attached hydrogens (tertiary/aromatic N) is 1. The summed E-state index contributed by atoms with van der Waals surface area (Å²) in [6.45, 7) is 3.50. The van der Waals surface area contributed by atoms with Crippen LogP contribution >= 0.6 is 0 Å². The molecule has 0 atom stereocenters. The molecule has 3 rings (SSSR count). The number of carbonyl (C=O) groups excluding carboxylic acids is 1. The third-order valence-electron chi connectivity index (χ3n) is 3.73. The fourth-order valence-corrected chi connectivity index (χ4v) is 2.55. The number of ether oxygens (including phenoxy) is 2. The number of nitrogens with one attached hydrogen (secondary N) is 2. The number of pyridine rings is 1. The zero-order valence-electron chi connectivity index (χ0n) is 14.1. The van der Waals surface area contributed by atoms with E-state index in [-0.39, 0.29) is 5.97 Å². The lowest BCUT2D eigenvalue weighted by molar-refractivity contribution is 0.0448. The minimum absolute atomic E-state index is 0.322. The number of rotatable bonds is 8. The average Bonchev–Trinajstić information content (AvgIpc) is 3.01. The van der Waals surface area contributed by atoms with Crippen LogP contribution in [0.4, 0.5) is 11.4 Å². The molecule has 0 aliphatic heterocycles. The molecule has 0 aliphatic rings. The van der Waals surface area contributed by atoms with Crippen molar-refractivity contribution in [3.05, 3.63) is 54.5 Å². The third-order valence-corrected chi connectivity index (χ3v) is 3.73. The molecule has 0 bridgehead atoms. The van der Waals surface area contributed by atoms with E-state index >= 15 is 0 Å². The Balaban J connectivity index is 1.81. The highest BCUT2D eigenvalue weighted by Gasteiger charge is 2.19. The average molecular weight is 339 g/mol. The van der Waals surface area contributed by atoms with E-state index in [0.29, 0.717) is 37.6 Å². The first-order valence-electron chi connectivity index (χ1n) is 8.32. The second-order valence-corrected chi connectivity index (χ2v) is 5.47. The molecule has 6 nitrogen and oxygen atoms in total. The van der Waals surface area contributed by atoms with Crippen LogP contribution in [0, 0.1) is 0 Å². The summed E-state index contributed by atoms with van der Waals surface area (Å²) in [6.07, 6.45) is 4.07. The molecule has 25 heavy (non-hydrogen) atoms. The molecule has 0 saturated carbocycles. The van der Waals surface area contributed by atoms with E-state index in [4.69, 9.17) is 9.47 Å². The van der Waals surface area contributed by atoms with Gasteiger partial charge in [0.1, 0.15) is 5.69 Å². The Bertz CT molecular complexity index is 830. The first-order chi connectivity index (χ1) is 12.3. The fourth-order valence-electron chi connectivity index (χ4n) is 2.55. The molecule has 6 heteroatoms. The Morgan fingerprint density at radius 3 is 2.76 bits per heavy atom. The highest BCUT2D eigenvalue weighted by molar-refractivity contribution is 6.07. The summed E-state index contributed by atoms with van der Waals surface area (Å²) in [5.74, 6) is -0.385. The molecule has 2 heterocycles. The van der Waals surface area contributed by atoms with Gasteiger partial charge in [-0.25, -0.2) is 4.79 Å². The molecule has 0 amide bonds. The van der Waals surface area contributed by atoms with Crippen LogP contribution in [0.2, 0.25) is 0 Å². The smallest absolute Gasteiger partial charge is 0.356 e. The fraction of sp³-hybridized carbons (Fsp3) is 0.263. The highest BCUT2D eigenvalue weighted by Crippen LogP contribution is 2.30. The summed E-state index contributed by atoms with van der Waals surface area (Å²) in [6, 6.07) is 11.4. The van der Waals surface area contributed by atoms with Gasteiger partial charge in [-0.3, -0.25) is 4.98 Å². The predicted octanol–water partition coefficient (Wildman–Crippen LogP) is 3.89. The van der Waals surface area contributed by atoms with Crippen molar-refractivity contribution in [3.63, 3.8) is 0 Å². The van der Waals surface area contributed by atoms with Crippen molar-refractivity contribution in [2.75, 3.05) is 25.1 Å². The molecular formula is C19H21N3O3. The third kappa shape index (κ3) is 4.16. The Morgan fingerprint density at radius 1 is 1.16 bits per heavy atom. The van der Waals surface area contributed by atoms with Crippen molar-refractivity contribution in [1.82, 2.24) is 9.97 Å². The van der Waals surface area contributed by atoms with Gasteiger partial charge in [-0.15, -0.1) is 0 Å². The first-order valence-corrected chi connectivity index (χ1v) is 8.32. The molecule has 0 fully saturated rings. The number of hydrogen-bond donors (Lipinski definition) is 2. The molecule has 3 aromatic rings. The van der Waals surface area contributed by atoms with Crippen molar-refractivity contribution < 1.29 is 14.3 Å². The number of para-hydroxylation sites is 1. The maximum absolute atomic E-state index is 12.5. The van der Waals surface area contributed by atoms with E-state index in [2.05, 4.69) is 15.3 Å². The monoisotopic (exact) mass is 339 g/mol. The molecule has 0 radical (unpaired) electrons. The molecule has 0 aliphatic carbocycles. The van der Waals surface area contributed by atoms with E-state index < -0.39 is 0 Å². The number of hydrogen-bond acceptors (Lipinski definition) is 5. The van der Waals surface area contributed by atoms with Gasteiger partial charge >= 0.3 is 5.97 Å². The standard InChI is InChI=1S/C19H21N3O3/c1-2-24-12-5-13-25-19(23)18-17(21-14-8-10-20-11-9-14)15-6-3-4-7-16(15)22-18/h3-4,6-11,22H,2,5,12-13H2,1H3,(H,20,21). The minimum Gasteiger partial charge on any atom is -0.461 e. The Hall–Kier alpha value is -2.86. The zero-order valence-corrected chi connectivity index (χ0v) is 14.1. The van der Waals surface area contributed by atoms with E-state index in [1.165, 1.54) is 0 Å². The lowest BCUT2D eigenvalue weighted by Gasteiger charge is -2.09. The normalized spacial score (nSPS) is 10.8. The van der Waals surface area contributed by atoms with Crippen LogP contribution in [0.25, 0.3) is 10.9 Å². The molecule has 0 saturated heterocycles. The Kier molecular flexibility index (Phi) is 5.64. The number of benzene rings is 1. The van der Waals surface area contributed by atoms with Gasteiger partial charge in [0.15, 0.2) is 0 Å². The predicted molar refractivity (Wildman–Crippen MR) is 97.2 cm³/mol. The topological polar surface area (TPSA) is 76.2 Å². The van der Waals surface area contributed by atoms with Crippen molar-refractivity contribution in [3.8, 4) is 0 Å². The van der Waals surface area contributed by atoms with E-state index in [0.717, 1.165) is 16.6 Å². The van der Waals surface area contributed by atoms with E-state index in [1.54, 1.807) is 12.4 Å². The lowest BCUT2D eigenvalue weighted by Crippen LogP contribution is -2.10. The number of H-pyrrole nitrogens is 1. The van der Waals surface area contributed by atoms with Crippen molar-refractivity contribution in [1.29, 1.82) is 0 Å². The van der Waals surface area contributed by atoms with Crippen LogP contribution in [0.15, 0.2) is 48.8 Å². The Labute approximate surface area is 146 Å². The van der Waals surface area contributed by atoms with Gasteiger partial charge < -0.3 is 19.8 Å². The molecule has 2 N–H and O–H groups in total. The van der Waals surface area contributed by atoms with E-state index in [1.807, 2.05) is 43.3 Å². The van der Waals surface area contributed by atoms with Crippen molar-refractivity contribution >= 4 is 28.2 Å². The maximum atomic E-state index is 12.5. The summed E-state index contributed by atoms with van der Waals surface area (Å²) in [4.78, 5) is 19.7. The number of fused-ring (bicyclic) bond motifs is 1. The molecule has 1 aromatic carbocycles. The van der Waals surface area contributed by atoms with Crippen LogP contribution < -0.4 is 5.32 Å². The summed E-state index contributed by atoms with van der Waals surface area (Å²) < 4.78 is 10.6. The van der Waals surface area contributed by atoms with Gasteiger partial charge in [0.05, 0.1) is 12.3 Å².